The van der Waals surface area contributed by atoms with Gasteiger partial charge in [-0.2, -0.15) is 5.10 Å². The van der Waals surface area contributed by atoms with Gasteiger partial charge in [0, 0.05) is 83.3 Å². The number of aryl methyl sites for hydroxylation is 5. The Morgan fingerprint density at radius 2 is 1.92 bits per heavy atom. The summed E-state index contributed by atoms with van der Waals surface area (Å²) >= 11 is 0. The topological polar surface area (TPSA) is 206 Å². The largest absolute Gasteiger partial charge is 0.385 e. The highest BCUT2D eigenvalue weighted by Gasteiger charge is 2.39. The van der Waals surface area contributed by atoms with E-state index in [0.29, 0.717) is 73.5 Å². The van der Waals surface area contributed by atoms with Crippen molar-refractivity contribution in [3.8, 4) is 11.1 Å². The number of carbonyl (C=O) groups is 3. The lowest BCUT2D eigenvalue weighted by Crippen LogP contribution is -2.49. The van der Waals surface area contributed by atoms with Gasteiger partial charge in [0.05, 0.1) is 23.1 Å². The number of amides is 3. The molecule has 5 aromatic heterocycles. The third kappa shape index (κ3) is 7.02. The van der Waals surface area contributed by atoms with Crippen LogP contribution in [0, 0.1) is 20.8 Å². The Morgan fingerprint density at radius 3 is 2.69 bits per heavy atom. The maximum absolute atomic E-state index is 13.9. The van der Waals surface area contributed by atoms with Gasteiger partial charge in [-0.1, -0.05) is 17.8 Å². The zero-order chi connectivity index (χ0) is 42.8. The van der Waals surface area contributed by atoms with E-state index < -0.39 is 11.9 Å². The van der Waals surface area contributed by atoms with E-state index in [2.05, 4.69) is 68.1 Å². The highest BCUT2D eigenvalue weighted by Crippen LogP contribution is 2.42. The van der Waals surface area contributed by atoms with Gasteiger partial charge in [-0.25, -0.2) is 19.6 Å². The number of carbonyl (C=O) groups excluding carboxylic acids is 3. The van der Waals surface area contributed by atoms with Gasteiger partial charge in [-0.3, -0.25) is 14.4 Å². The summed E-state index contributed by atoms with van der Waals surface area (Å²) in [4.78, 5) is 59.1. The van der Waals surface area contributed by atoms with Gasteiger partial charge in [0.1, 0.15) is 29.1 Å². The van der Waals surface area contributed by atoms with Crippen LogP contribution in [0.15, 0.2) is 65.7 Å². The first kappa shape index (κ1) is 38.9. The maximum atomic E-state index is 13.9. The summed E-state index contributed by atoms with van der Waals surface area (Å²) in [6, 6.07) is 11.4. The summed E-state index contributed by atoms with van der Waals surface area (Å²) in [6.07, 6.45) is 7.65. The number of anilines is 4. The molecule has 0 bridgehead atoms. The monoisotopic (exact) mass is 833 g/mol. The summed E-state index contributed by atoms with van der Waals surface area (Å²) in [5.41, 5.74) is 9.24. The molecule has 3 amide bonds. The normalized spacial score (nSPS) is 16.4. The molecule has 2 fully saturated rings. The third-order valence-electron chi connectivity index (χ3n) is 12.1. The van der Waals surface area contributed by atoms with Crippen LogP contribution in [0.1, 0.15) is 94.2 Å². The Balaban J connectivity index is 0.857. The molecule has 1 saturated heterocycles. The number of aromatic nitrogens is 8. The molecule has 7 aromatic rings. The van der Waals surface area contributed by atoms with Gasteiger partial charge < -0.3 is 40.2 Å². The fraction of sp³-hybridized carbons (Fsp3) is 0.333. The lowest BCUT2D eigenvalue weighted by molar-refractivity contribution is -0.126. The van der Waals surface area contributed by atoms with Crippen molar-refractivity contribution >= 4 is 62.8 Å². The molecule has 1 saturated carbocycles. The molecule has 5 N–H and O–H groups in total. The molecule has 0 radical (unpaired) electrons. The number of piperidine rings is 1. The molecular formula is C45H47N13O4. The Hall–Kier alpha value is -7.30. The number of hydrogen-bond donors (Lipinski definition) is 5. The van der Waals surface area contributed by atoms with Crippen molar-refractivity contribution < 1.29 is 18.9 Å². The van der Waals surface area contributed by atoms with Gasteiger partial charge in [-0.05, 0) is 95.2 Å². The van der Waals surface area contributed by atoms with Crippen LogP contribution in [0.4, 0.5) is 23.1 Å². The van der Waals surface area contributed by atoms with Crippen molar-refractivity contribution in [3.63, 3.8) is 0 Å². The first-order valence-electron chi connectivity index (χ1n) is 21.1. The van der Waals surface area contributed by atoms with Crippen molar-refractivity contribution in [2.24, 2.45) is 0 Å². The average Bonchev–Trinajstić information content (AvgIpc) is 3.49. The minimum absolute atomic E-state index is 0.0278. The Kier molecular flexibility index (Phi) is 9.60. The average molecular weight is 834 g/mol. The van der Waals surface area contributed by atoms with Crippen LogP contribution < -0.4 is 21.3 Å². The standard InChI is InChI=1S/C45H47N13O4/c1-6-58-37(19-33(54-58)27-12-13-27)51-41-39-30-17-23(2)29(38-25(4)55-62-26(38)5)18-34(30)49-40(39)52-42(53-41)44(60)50-36-21-56(22-47-36)16-8-15-46-32-10-7-9-28-31(32)20-57(45(28)61)35-14-11-24(3)48-43(35)59/h7,9-10,17-19,21-22,27,35,46H,3,6,8,11-16,20H2,1-2,4-5H3,(H,48,59)(H,50,60)(H2,49,51,52,53). The second-order valence-electron chi connectivity index (χ2n) is 16.5. The molecule has 62 heavy (non-hydrogen) atoms. The maximum Gasteiger partial charge on any atom is 0.294 e. The van der Waals surface area contributed by atoms with E-state index in [4.69, 9.17) is 19.6 Å². The predicted octanol–water partition coefficient (Wildman–Crippen LogP) is 7.23. The molecule has 17 heteroatoms. The number of benzene rings is 2. The number of allylic oxidation sites excluding steroid dienone is 1. The molecule has 1 unspecified atom stereocenters. The van der Waals surface area contributed by atoms with Gasteiger partial charge in [-0.15, -0.1) is 0 Å². The molecule has 316 valence electrons. The fourth-order valence-corrected chi connectivity index (χ4v) is 8.79. The summed E-state index contributed by atoms with van der Waals surface area (Å²) in [5, 5.41) is 23.4. The molecule has 7 heterocycles. The zero-order valence-corrected chi connectivity index (χ0v) is 35.1. The van der Waals surface area contributed by atoms with Crippen LogP contribution in [-0.2, 0) is 24.4 Å². The van der Waals surface area contributed by atoms with E-state index in [1.165, 1.54) is 0 Å². The van der Waals surface area contributed by atoms with Gasteiger partial charge in [0.15, 0.2) is 5.82 Å². The van der Waals surface area contributed by atoms with Crippen LogP contribution in [-0.4, -0.2) is 74.6 Å². The van der Waals surface area contributed by atoms with Crippen molar-refractivity contribution in [2.75, 3.05) is 22.5 Å². The smallest absolute Gasteiger partial charge is 0.294 e. The van der Waals surface area contributed by atoms with E-state index >= 15 is 0 Å². The highest BCUT2D eigenvalue weighted by atomic mass is 16.5. The third-order valence-corrected chi connectivity index (χ3v) is 12.1. The number of rotatable bonds is 13. The van der Waals surface area contributed by atoms with E-state index in [9.17, 15) is 14.4 Å². The molecular weight excluding hydrogens is 787 g/mol. The lowest BCUT2D eigenvalue weighted by atomic mass is 9.97. The quantitative estimate of drug-likeness (QED) is 0.0733. The molecule has 0 spiro atoms. The highest BCUT2D eigenvalue weighted by molar-refractivity contribution is 6.14. The van der Waals surface area contributed by atoms with E-state index in [1.54, 1.807) is 17.4 Å². The molecule has 3 aliphatic rings. The number of nitrogens with one attached hydrogen (secondary N) is 5. The molecule has 2 aromatic carbocycles. The van der Waals surface area contributed by atoms with Crippen molar-refractivity contribution in [2.45, 2.75) is 91.4 Å². The number of H-pyrrole nitrogens is 1. The van der Waals surface area contributed by atoms with Crippen LogP contribution in [0.5, 0.6) is 0 Å². The molecule has 1 atom stereocenters. The van der Waals surface area contributed by atoms with E-state index in [0.717, 1.165) is 86.5 Å². The van der Waals surface area contributed by atoms with E-state index in [1.807, 2.05) is 48.2 Å². The summed E-state index contributed by atoms with van der Waals surface area (Å²) < 4.78 is 9.34. The second-order valence-corrected chi connectivity index (χ2v) is 16.5. The number of hydrogen-bond acceptors (Lipinski definition) is 11. The fourth-order valence-electron chi connectivity index (χ4n) is 8.79. The van der Waals surface area contributed by atoms with Gasteiger partial charge >= 0.3 is 0 Å². The minimum atomic E-state index is -0.513. The summed E-state index contributed by atoms with van der Waals surface area (Å²) in [7, 11) is 0. The predicted molar refractivity (Wildman–Crippen MR) is 234 cm³/mol. The lowest BCUT2D eigenvalue weighted by Gasteiger charge is -2.31. The summed E-state index contributed by atoms with van der Waals surface area (Å²) in [6.45, 7) is 14.1. The molecule has 17 nitrogen and oxygen atoms in total. The second kappa shape index (κ2) is 15.3. The number of nitrogens with zero attached hydrogens (tertiary/aromatic N) is 8. The Labute approximate surface area is 356 Å². The number of imidazole rings is 1. The molecule has 1 aliphatic carbocycles. The van der Waals surface area contributed by atoms with Gasteiger partial charge in [0.2, 0.25) is 11.7 Å². The van der Waals surface area contributed by atoms with Crippen molar-refractivity contribution in [1.82, 2.24) is 49.7 Å². The van der Waals surface area contributed by atoms with Crippen LogP contribution in [0.2, 0.25) is 0 Å². The van der Waals surface area contributed by atoms with Crippen molar-refractivity contribution in [3.05, 3.63) is 101 Å². The van der Waals surface area contributed by atoms with Crippen LogP contribution in [0.25, 0.3) is 33.1 Å². The number of aromatic amines is 1. The molecule has 2 aliphatic heterocycles. The van der Waals surface area contributed by atoms with Gasteiger partial charge in [0.25, 0.3) is 11.8 Å². The first-order valence-corrected chi connectivity index (χ1v) is 21.1. The van der Waals surface area contributed by atoms with Crippen LogP contribution >= 0.6 is 0 Å². The van der Waals surface area contributed by atoms with Crippen molar-refractivity contribution in [1.29, 1.82) is 0 Å². The Morgan fingerprint density at radius 1 is 1.06 bits per heavy atom. The SMILES string of the molecule is C=C1CCC(N2Cc3c(NCCCn4cnc(NC(=O)c5nc(Nc6cc(C7CC7)nn6CC)c6c(n5)[nH]c5cc(-c7c(C)noc7C)c(C)cc56)c4)cccc3C2=O)C(=O)N1. The first-order chi connectivity index (χ1) is 30.0. The molecule has 10 rings (SSSR count). The van der Waals surface area contributed by atoms with Crippen LogP contribution in [0.3, 0.4) is 0 Å². The Bertz CT molecular complexity index is 2950. The number of fused-ring (bicyclic) bond motifs is 4. The van der Waals surface area contributed by atoms with E-state index in [-0.39, 0.29) is 17.6 Å². The summed E-state index contributed by atoms with van der Waals surface area (Å²) in [5.74, 6) is 1.99. The zero-order valence-electron chi connectivity index (χ0n) is 35.1. The minimum Gasteiger partial charge on any atom is -0.385 e.